The van der Waals surface area contributed by atoms with Crippen molar-refractivity contribution < 1.29 is 19.2 Å². The summed E-state index contributed by atoms with van der Waals surface area (Å²) in [5.74, 6) is -1.13. The number of esters is 1. The van der Waals surface area contributed by atoms with Gasteiger partial charge in [-0.15, -0.1) is 11.3 Å². The van der Waals surface area contributed by atoms with E-state index in [1.807, 2.05) is 30.3 Å². The topological polar surface area (TPSA) is 98.5 Å². The van der Waals surface area contributed by atoms with Gasteiger partial charge in [-0.3, -0.25) is 14.9 Å². The second kappa shape index (κ2) is 7.79. The number of nitrogens with zero attached hydrogens (tertiary/aromatic N) is 1. The zero-order valence-corrected chi connectivity index (χ0v) is 15.0. The van der Waals surface area contributed by atoms with Crippen LogP contribution in [0.2, 0.25) is 0 Å². The number of amides is 1. The van der Waals surface area contributed by atoms with E-state index in [1.165, 1.54) is 42.7 Å². The van der Waals surface area contributed by atoms with Gasteiger partial charge in [0.15, 0.2) is 0 Å². The van der Waals surface area contributed by atoms with Crippen LogP contribution in [0.4, 0.5) is 10.7 Å². The largest absolute Gasteiger partial charge is 0.465 e. The summed E-state index contributed by atoms with van der Waals surface area (Å²) >= 11 is 1.18. The van der Waals surface area contributed by atoms with Crippen LogP contribution in [0, 0.1) is 10.1 Å². The Morgan fingerprint density at radius 2 is 1.85 bits per heavy atom. The fourth-order valence-electron chi connectivity index (χ4n) is 2.52. The highest BCUT2D eigenvalue weighted by molar-refractivity contribution is 7.15. The maximum atomic E-state index is 12.5. The standard InChI is InChI=1S/C19H14N2O5S/c1-26-19(23)16-15(12-6-3-2-4-7-12)11-27-18(16)20-17(22)13-8-5-9-14(10-13)21(24)25/h2-11H,1H3,(H,20,22). The lowest BCUT2D eigenvalue weighted by molar-refractivity contribution is -0.384. The van der Waals surface area contributed by atoms with Gasteiger partial charge in [-0.1, -0.05) is 36.4 Å². The Morgan fingerprint density at radius 1 is 1.11 bits per heavy atom. The molecule has 0 saturated carbocycles. The number of hydrogen-bond acceptors (Lipinski definition) is 6. The highest BCUT2D eigenvalue weighted by atomic mass is 32.1. The normalized spacial score (nSPS) is 10.3. The molecule has 3 rings (SSSR count). The van der Waals surface area contributed by atoms with E-state index < -0.39 is 16.8 Å². The first kappa shape index (κ1) is 18.3. The third kappa shape index (κ3) is 3.85. The van der Waals surface area contributed by atoms with Crippen molar-refractivity contribution in [2.45, 2.75) is 0 Å². The average Bonchev–Trinajstić information content (AvgIpc) is 3.11. The smallest absolute Gasteiger partial charge is 0.341 e. The third-order valence-corrected chi connectivity index (χ3v) is 4.71. The highest BCUT2D eigenvalue weighted by Gasteiger charge is 2.23. The molecule has 0 radical (unpaired) electrons. The number of nitrogens with one attached hydrogen (secondary N) is 1. The van der Waals surface area contributed by atoms with Gasteiger partial charge >= 0.3 is 5.97 Å². The lowest BCUT2D eigenvalue weighted by Crippen LogP contribution is -2.14. The molecule has 0 aliphatic rings. The number of carbonyl (C=O) groups is 2. The van der Waals surface area contributed by atoms with E-state index in [9.17, 15) is 19.7 Å². The Balaban J connectivity index is 1.96. The van der Waals surface area contributed by atoms with Crippen LogP contribution < -0.4 is 5.32 Å². The summed E-state index contributed by atoms with van der Waals surface area (Å²) in [5.41, 5.74) is 1.63. The first-order valence-corrected chi connectivity index (χ1v) is 8.70. The molecule has 0 fully saturated rings. The molecule has 8 heteroatoms. The van der Waals surface area contributed by atoms with Gasteiger partial charge in [-0.05, 0) is 11.6 Å². The average molecular weight is 382 g/mol. The predicted octanol–water partition coefficient (Wildman–Crippen LogP) is 4.36. The summed E-state index contributed by atoms with van der Waals surface area (Å²) in [6.45, 7) is 0. The van der Waals surface area contributed by atoms with E-state index in [-0.39, 0.29) is 16.8 Å². The molecule has 0 bridgehead atoms. The maximum absolute atomic E-state index is 12.5. The molecule has 2 aromatic carbocycles. The Labute approximate surface area is 158 Å². The summed E-state index contributed by atoms with van der Waals surface area (Å²) in [7, 11) is 1.26. The van der Waals surface area contributed by atoms with Crippen LogP contribution in [0.3, 0.4) is 0 Å². The van der Waals surface area contributed by atoms with Crippen LogP contribution in [-0.4, -0.2) is 23.9 Å². The molecule has 7 nitrogen and oxygen atoms in total. The van der Waals surface area contributed by atoms with E-state index in [4.69, 9.17) is 4.74 Å². The maximum Gasteiger partial charge on any atom is 0.341 e. The Kier molecular flexibility index (Phi) is 5.28. The van der Waals surface area contributed by atoms with E-state index in [0.29, 0.717) is 10.6 Å². The molecule has 1 N–H and O–H groups in total. The second-order valence-electron chi connectivity index (χ2n) is 5.47. The van der Waals surface area contributed by atoms with Gasteiger partial charge in [0.2, 0.25) is 0 Å². The molecule has 1 aromatic heterocycles. The third-order valence-electron chi connectivity index (χ3n) is 3.81. The number of carbonyl (C=O) groups excluding carboxylic acids is 2. The van der Waals surface area contributed by atoms with E-state index in [0.717, 1.165) is 5.56 Å². The van der Waals surface area contributed by atoms with Gasteiger partial charge < -0.3 is 10.1 Å². The van der Waals surface area contributed by atoms with Crippen molar-refractivity contribution in [3.63, 3.8) is 0 Å². The van der Waals surface area contributed by atoms with Gasteiger partial charge in [0, 0.05) is 28.6 Å². The van der Waals surface area contributed by atoms with Crippen LogP contribution in [0.25, 0.3) is 11.1 Å². The molecular weight excluding hydrogens is 368 g/mol. The van der Waals surface area contributed by atoms with Gasteiger partial charge in [0.05, 0.1) is 12.0 Å². The van der Waals surface area contributed by atoms with Crippen molar-refractivity contribution in [2.24, 2.45) is 0 Å². The quantitative estimate of drug-likeness (QED) is 0.401. The van der Waals surface area contributed by atoms with Gasteiger partial charge in [0.25, 0.3) is 11.6 Å². The summed E-state index contributed by atoms with van der Waals surface area (Å²) < 4.78 is 4.86. The number of nitro groups is 1. The number of non-ortho nitro benzene ring substituents is 1. The first-order valence-electron chi connectivity index (χ1n) is 7.82. The van der Waals surface area contributed by atoms with Crippen LogP contribution in [0.5, 0.6) is 0 Å². The molecule has 0 saturated heterocycles. The highest BCUT2D eigenvalue weighted by Crippen LogP contribution is 2.36. The van der Waals surface area contributed by atoms with Crippen molar-refractivity contribution in [1.82, 2.24) is 0 Å². The minimum absolute atomic E-state index is 0.120. The fourth-order valence-corrected chi connectivity index (χ4v) is 3.47. The number of hydrogen-bond donors (Lipinski definition) is 1. The summed E-state index contributed by atoms with van der Waals surface area (Å²) in [6, 6.07) is 14.6. The zero-order valence-electron chi connectivity index (χ0n) is 14.2. The molecule has 0 atom stereocenters. The molecule has 1 amide bonds. The number of rotatable bonds is 5. The van der Waals surface area contributed by atoms with Crippen molar-refractivity contribution in [3.05, 3.63) is 81.2 Å². The Hall–Kier alpha value is -3.52. The monoisotopic (exact) mass is 382 g/mol. The number of benzene rings is 2. The van der Waals surface area contributed by atoms with Gasteiger partial charge in [-0.2, -0.15) is 0 Å². The Bertz CT molecular complexity index is 1010. The van der Waals surface area contributed by atoms with Crippen LogP contribution in [-0.2, 0) is 4.74 Å². The van der Waals surface area contributed by atoms with Crippen molar-refractivity contribution in [3.8, 4) is 11.1 Å². The molecular formula is C19H14N2O5S. The molecule has 27 heavy (non-hydrogen) atoms. The van der Waals surface area contributed by atoms with E-state index >= 15 is 0 Å². The summed E-state index contributed by atoms with van der Waals surface area (Å²) in [5, 5.41) is 15.6. The fraction of sp³-hybridized carbons (Fsp3) is 0.0526. The molecule has 0 unspecified atom stereocenters. The molecule has 136 valence electrons. The van der Waals surface area contributed by atoms with Crippen LogP contribution in [0.15, 0.2) is 60.0 Å². The number of thiophene rings is 1. The van der Waals surface area contributed by atoms with Crippen molar-refractivity contribution in [2.75, 3.05) is 12.4 Å². The first-order chi connectivity index (χ1) is 13.0. The number of anilines is 1. The molecule has 0 aliphatic carbocycles. The Morgan fingerprint density at radius 3 is 2.52 bits per heavy atom. The van der Waals surface area contributed by atoms with Crippen LogP contribution in [0.1, 0.15) is 20.7 Å². The number of nitro benzene ring substituents is 1. The van der Waals surface area contributed by atoms with E-state index in [1.54, 1.807) is 5.38 Å². The number of methoxy groups -OCH3 is 1. The van der Waals surface area contributed by atoms with Crippen molar-refractivity contribution in [1.29, 1.82) is 0 Å². The summed E-state index contributed by atoms with van der Waals surface area (Å²) in [4.78, 5) is 35.1. The zero-order chi connectivity index (χ0) is 19.4. The minimum Gasteiger partial charge on any atom is -0.465 e. The molecule has 0 spiro atoms. The minimum atomic E-state index is -0.579. The van der Waals surface area contributed by atoms with Crippen molar-refractivity contribution >= 4 is 33.9 Å². The van der Waals surface area contributed by atoms with Gasteiger partial charge in [-0.25, -0.2) is 4.79 Å². The van der Waals surface area contributed by atoms with Crippen LogP contribution >= 0.6 is 11.3 Å². The van der Waals surface area contributed by atoms with E-state index in [2.05, 4.69) is 5.32 Å². The SMILES string of the molecule is COC(=O)c1c(-c2ccccc2)csc1NC(=O)c1cccc([N+](=O)[O-])c1. The second-order valence-corrected chi connectivity index (χ2v) is 6.35. The van der Waals surface area contributed by atoms with Gasteiger partial charge in [0.1, 0.15) is 10.6 Å². The predicted molar refractivity (Wildman–Crippen MR) is 102 cm³/mol. The molecule has 0 aliphatic heterocycles. The lowest BCUT2D eigenvalue weighted by Gasteiger charge is -2.08. The summed E-state index contributed by atoms with van der Waals surface area (Å²) in [6.07, 6.45) is 0. The molecule has 1 heterocycles. The number of ether oxygens (including phenoxy) is 1. The lowest BCUT2D eigenvalue weighted by atomic mass is 10.0. The molecule has 3 aromatic rings.